The maximum Gasteiger partial charge on any atom is 0.255 e. The summed E-state index contributed by atoms with van der Waals surface area (Å²) in [6, 6.07) is 3.15. The summed E-state index contributed by atoms with van der Waals surface area (Å²) in [5.74, 6) is 0.815. The van der Waals surface area contributed by atoms with Crippen LogP contribution < -0.4 is 9.80 Å². The van der Waals surface area contributed by atoms with Crippen LogP contribution >= 0.6 is 0 Å². The third-order valence-corrected chi connectivity index (χ3v) is 4.09. The SMILES string of the molecule is Cc1cc(N(C)C)nc(N2CCN(C(=O)c3cncc(F)c3)CC2)n1. The van der Waals surface area contributed by atoms with E-state index in [-0.39, 0.29) is 11.5 Å². The lowest BCUT2D eigenvalue weighted by Gasteiger charge is -2.35. The maximum atomic E-state index is 13.3. The number of anilines is 2. The van der Waals surface area contributed by atoms with Crippen molar-refractivity contribution in [3.63, 3.8) is 0 Å². The largest absolute Gasteiger partial charge is 0.363 e. The molecule has 25 heavy (non-hydrogen) atoms. The zero-order chi connectivity index (χ0) is 18.0. The summed E-state index contributed by atoms with van der Waals surface area (Å²) in [5.41, 5.74) is 1.17. The fourth-order valence-corrected chi connectivity index (χ4v) is 2.73. The second-order valence-corrected chi connectivity index (χ2v) is 6.23. The molecule has 7 nitrogen and oxygen atoms in total. The first-order valence-electron chi connectivity index (χ1n) is 8.12. The molecular formula is C17H21FN6O. The Morgan fingerprint density at radius 1 is 1.12 bits per heavy atom. The number of aryl methyl sites for hydroxylation is 1. The number of hydrogen-bond donors (Lipinski definition) is 0. The van der Waals surface area contributed by atoms with Gasteiger partial charge in [0.2, 0.25) is 5.95 Å². The van der Waals surface area contributed by atoms with Gasteiger partial charge in [0.15, 0.2) is 0 Å². The fourth-order valence-electron chi connectivity index (χ4n) is 2.73. The van der Waals surface area contributed by atoms with E-state index in [4.69, 9.17) is 0 Å². The summed E-state index contributed by atoms with van der Waals surface area (Å²) in [6.07, 6.45) is 2.48. The molecule has 0 saturated carbocycles. The summed E-state index contributed by atoms with van der Waals surface area (Å²) < 4.78 is 13.3. The van der Waals surface area contributed by atoms with E-state index in [2.05, 4.69) is 19.9 Å². The number of carbonyl (C=O) groups is 1. The molecule has 0 spiro atoms. The first-order valence-corrected chi connectivity index (χ1v) is 8.12. The van der Waals surface area contributed by atoms with Gasteiger partial charge in [-0.05, 0) is 13.0 Å². The minimum absolute atomic E-state index is 0.203. The first-order chi connectivity index (χ1) is 11.9. The highest BCUT2D eigenvalue weighted by Gasteiger charge is 2.24. The quantitative estimate of drug-likeness (QED) is 0.837. The van der Waals surface area contributed by atoms with Gasteiger partial charge in [-0.1, -0.05) is 0 Å². The van der Waals surface area contributed by atoms with Crippen LogP contribution in [-0.4, -0.2) is 66.0 Å². The number of amides is 1. The van der Waals surface area contributed by atoms with E-state index in [1.54, 1.807) is 4.90 Å². The summed E-state index contributed by atoms with van der Waals surface area (Å²) in [5, 5.41) is 0. The number of aromatic nitrogens is 3. The molecule has 1 aliphatic heterocycles. The van der Waals surface area contributed by atoms with E-state index in [0.717, 1.165) is 17.7 Å². The molecule has 0 aromatic carbocycles. The van der Waals surface area contributed by atoms with E-state index in [1.807, 2.05) is 32.0 Å². The van der Waals surface area contributed by atoms with Crippen LogP contribution in [0.1, 0.15) is 16.1 Å². The van der Waals surface area contributed by atoms with Crippen molar-refractivity contribution in [2.24, 2.45) is 0 Å². The Kier molecular flexibility index (Phi) is 4.78. The van der Waals surface area contributed by atoms with Crippen LogP contribution in [0.5, 0.6) is 0 Å². The lowest BCUT2D eigenvalue weighted by atomic mass is 10.2. The molecule has 3 rings (SSSR count). The molecule has 0 atom stereocenters. The van der Waals surface area contributed by atoms with E-state index in [1.165, 1.54) is 12.3 Å². The van der Waals surface area contributed by atoms with Crippen molar-refractivity contribution >= 4 is 17.7 Å². The summed E-state index contributed by atoms with van der Waals surface area (Å²) in [6.45, 7) is 4.26. The van der Waals surface area contributed by atoms with Gasteiger partial charge in [-0.25, -0.2) is 9.37 Å². The zero-order valence-electron chi connectivity index (χ0n) is 14.6. The molecule has 1 amide bonds. The number of hydrogen-bond acceptors (Lipinski definition) is 6. The standard InChI is InChI=1S/C17H21FN6O/c1-12-8-15(22(2)3)21-17(20-12)24-6-4-23(5-7-24)16(25)13-9-14(18)11-19-10-13/h8-11H,4-7H2,1-3H3. The molecule has 132 valence electrons. The molecule has 1 saturated heterocycles. The van der Waals surface area contributed by atoms with Gasteiger partial charge in [-0.2, -0.15) is 4.98 Å². The van der Waals surface area contributed by atoms with Crippen molar-refractivity contribution in [1.29, 1.82) is 0 Å². The van der Waals surface area contributed by atoms with Gasteiger partial charge in [0.1, 0.15) is 11.6 Å². The van der Waals surface area contributed by atoms with Gasteiger partial charge < -0.3 is 14.7 Å². The van der Waals surface area contributed by atoms with E-state index >= 15 is 0 Å². The highest BCUT2D eigenvalue weighted by atomic mass is 19.1. The third kappa shape index (κ3) is 3.84. The molecule has 0 N–H and O–H groups in total. The van der Waals surface area contributed by atoms with Crippen molar-refractivity contribution in [3.05, 3.63) is 41.6 Å². The Morgan fingerprint density at radius 2 is 1.84 bits per heavy atom. The molecule has 1 aliphatic rings. The predicted octanol–water partition coefficient (Wildman–Crippen LogP) is 1.35. The minimum atomic E-state index is -0.506. The van der Waals surface area contributed by atoms with Crippen molar-refractivity contribution in [2.75, 3.05) is 50.1 Å². The highest BCUT2D eigenvalue weighted by molar-refractivity contribution is 5.94. The lowest BCUT2D eigenvalue weighted by molar-refractivity contribution is 0.0745. The van der Waals surface area contributed by atoms with Crippen LogP contribution in [-0.2, 0) is 0 Å². The molecule has 3 heterocycles. The number of piperazine rings is 1. The molecule has 0 bridgehead atoms. The van der Waals surface area contributed by atoms with Crippen LogP contribution in [0, 0.1) is 12.7 Å². The topological polar surface area (TPSA) is 65.5 Å². The molecule has 1 fully saturated rings. The monoisotopic (exact) mass is 344 g/mol. The number of halogens is 1. The minimum Gasteiger partial charge on any atom is -0.363 e. The molecule has 2 aromatic heterocycles. The predicted molar refractivity (Wildman–Crippen MR) is 93.4 cm³/mol. The summed E-state index contributed by atoms with van der Waals surface area (Å²) in [7, 11) is 3.88. The lowest BCUT2D eigenvalue weighted by Crippen LogP contribution is -2.49. The van der Waals surface area contributed by atoms with Crippen molar-refractivity contribution in [3.8, 4) is 0 Å². The van der Waals surface area contributed by atoms with Crippen molar-refractivity contribution < 1.29 is 9.18 Å². The zero-order valence-corrected chi connectivity index (χ0v) is 14.6. The summed E-state index contributed by atoms with van der Waals surface area (Å²) in [4.78, 5) is 31.0. The smallest absolute Gasteiger partial charge is 0.255 e. The van der Waals surface area contributed by atoms with Crippen LogP contribution in [0.4, 0.5) is 16.2 Å². The third-order valence-electron chi connectivity index (χ3n) is 4.09. The molecular weight excluding hydrogens is 323 g/mol. The van der Waals surface area contributed by atoms with Crippen molar-refractivity contribution in [2.45, 2.75) is 6.92 Å². The average molecular weight is 344 g/mol. The summed E-state index contributed by atoms with van der Waals surface area (Å²) >= 11 is 0. The number of carbonyl (C=O) groups excluding carboxylic acids is 1. The second kappa shape index (κ2) is 7.00. The Bertz CT molecular complexity index is 773. The normalized spacial score (nSPS) is 14.6. The molecule has 8 heteroatoms. The Labute approximate surface area is 146 Å². The Hall–Kier alpha value is -2.77. The molecule has 0 unspecified atom stereocenters. The first kappa shape index (κ1) is 17.1. The Morgan fingerprint density at radius 3 is 2.48 bits per heavy atom. The molecule has 2 aromatic rings. The van der Waals surface area contributed by atoms with Crippen LogP contribution in [0.3, 0.4) is 0 Å². The van der Waals surface area contributed by atoms with Gasteiger partial charge in [0.25, 0.3) is 5.91 Å². The van der Waals surface area contributed by atoms with Gasteiger partial charge in [-0.15, -0.1) is 0 Å². The van der Waals surface area contributed by atoms with Gasteiger partial charge in [0.05, 0.1) is 11.8 Å². The van der Waals surface area contributed by atoms with Gasteiger partial charge in [-0.3, -0.25) is 9.78 Å². The van der Waals surface area contributed by atoms with Gasteiger partial charge >= 0.3 is 0 Å². The maximum absolute atomic E-state index is 13.3. The van der Waals surface area contributed by atoms with E-state index in [0.29, 0.717) is 32.1 Å². The van der Waals surface area contributed by atoms with Crippen LogP contribution in [0.25, 0.3) is 0 Å². The molecule has 0 aliphatic carbocycles. The van der Waals surface area contributed by atoms with Crippen molar-refractivity contribution in [1.82, 2.24) is 19.9 Å². The number of nitrogens with zero attached hydrogens (tertiary/aromatic N) is 6. The van der Waals surface area contributed by atoms with Crippen LogP contribution in [0.15, 0.2) is 24.5 Å². The number of pyridine rings is 1. The van der Waals surface area contributed by atoms with Gasteiger partial charge in [0, 0.05) is 58.2 Å². The Balaban J connectivity index is 1.69. The fraction of sp³-hybridized carbons (Fsp3) is 0.412. The second-order valence-electron chi connectivity index (χ2n) is 6.23. The molecule has 0 radical (unpaired) electrons. The van der Waals surface area contributed by atoms with E-state index in [9.17, 15) is 9.18 Å². The number of rotatable bonds is 3. The highest BCUT2D eigenvalue weighted by Crippen LogP contribution is 2.18. The average Bonchev–Trinajstić information content (AvgIpc) is 2.60. The van der Waals surface area contributed by atoms with E-state index < -0.39 is 5.82 Å². The van der Waals surface area contributed by atoms with Crippen LogP contribution in [0.2, 0.25) is 0 Å².